The van der Waals surface area contributed by atoms with E-state index in [-0.39, 0.29) is 5.91 Å². The molecule has 1 amide bonds. The van der Waals surface area contributed by atoms with Crippen LogP contribution < -0.4 is 10.6 Å². The summed E-state index contributed by atoms with van der Waals surface area (Å²) >= 11 is 12.1. The van der Waals surface area contributed by atoms with E-state index in [0.29, 0.717) is 32.7 Å². The number of aromatic nitrogens is 2. The molecule has 0 aliphatic heterocycles. The molecule has 3 aromatic rings. The Hall–Kier alpha value is -2.63. The van der Waals surface area contributed by atoms with Crippen LogP contribution in [0.15, 0.2) is 61.2 Å². The van der Waals surface area contributed by atoms with Crippen LogP contribution in [0.3, 0.4) is 0 Å². The largest absolute Gasteiger partial charge is 0.352 e. The van der Waals surface area contributed by atoms with Crippen molar-refractivity contribution in [3.63, 3.8) is 0 Å². The van der Waals surface area contributed by atoms with Crippen molar-refractivity contribution in [3.05, 3.63) is 76.8 Å². The van der Waals surface area contributed by atoms with Crippen LogP contribution in [0.4, 0.5) is 17.1 Å². The van der Waals surface area contributed by atoms with Gasteiger partial charge in [0.15, 0.2) is 0 Å². The van der Waals surface area contributed by atoms with E-state index in [0.717, 1.165) is 0 Å². The number of benzene rings is 2. The molecule has 1 heterocycles. The van der Waals surface area contributed by atoms with Crippen molar-refractivity contribution >= 4 is 46.2 Å². The van der Waals surface area contributed by atoms with Crippen molar-refractivity contribution in [3.8, 4) is 0 Å². The van der Waals surface area contributed by atoms with Gasteiger partial charge in [0.2, 0.25) is 0 Å². The summed E-state index contributed by atoms with van der Waals surface area (Å²) in [6.07, 6.45) is 4.69. The lowest BCUT2D eigenvalue weighted by molar-refractivity contribution is 0.102. The molecule has 24 heavy (non-hydrogen) atoms. The second kappa shape index (κ2) is 7.29. The molecule has 1 aromatic heterocycles. The first kappa shape index (κ1) is 16.2. The van der Waals surface area contributed by atoms with Gasteiger partial charge >= 0.3 is 0 Å². The molecule has 0 fully saturated rings. The SMILES string of the molecule is O=C(Nc1ccc(Cl)c(Nc2cncnc2)c1)c1cccc(Cl)c1. The fourth-order valence-corrected chi connectivity index (χ4v) is 2.41. The number of carbonyl (C=O) groups is 1. The summed E-state index contributed by atoms with van der Waals surface area (Å²) in [5.41, 5.74) is 2.40. The number of halogens is 2. The van der Waals surface area contributed by atoms with Gasteiger partial charge in [-0.05, 0) is 36.4 Å². The summed E-state index contributed by atoms with van der Waals surface area (Å²) in [5.74, 6) is -0.256. The highest BCUT2D eigenvalue weighted by Crippen LogP contribution is 2.28. The molecule has 5 nitrogen and oxygen atoms in total. The Morgan fingerprint density at radius 2 is 1.75 bits per heavy atom. The monoisotopic (exact) mass is 358 g/mol. The van der Waals surface area contributed by atoms with Crippen molar-refractivity contribution in [1.82, 2.24) is 9.97 Å². The van der Waals surface area contributed by atoms with Gasteiger partial charge in [-0.1, -0.05) is 29.3 Å². The first-order chi connectivity index (χ1) is 11.6. The highest BCUT2D eigenvalue weighted by atomic mass is 35.5. The van der Waals surface area contributed by atoms with E-state index in [1.54, 1.807) is 54.9 Å². The van der Waals surface area contributed by atoms with Gasteiger partial charge < -0.3 is 10.6 Å². The normalized spacial score (nSPS) is 10.2. The third-order valence-electron chi connectivity index (χ3n) is 3.15. The molecule has 0 radical (unpaired) electrons. The second-order valence-electron chi connectivity index (χ2n) is 4.91. The highest BCUT2D eigenvalue weighted by molar-refractivity contribution is 6.33. The minimum absolute atomic E-state index is 0.256. The smallest absolute Gasteiger partial charge is 0.255 e. The number of anilines is 3. The maximum Gasteiger partial charge on any atom is 0.255 e. The Kier molecular flexibility index (Phi) is 4.93. The molecular formula is C17H12Cl2N4O. The van der Waals surface area contributed by atoms with Crippen molar-refractivity contribution in [2.24, 2.45) is 0 Å². The van der Waals surface area contributed by atoms with Crippen LogP contribution in [0.2, 0.25) is 10.0 Å². The molecule has 0 bridgehead atoms. The summed E-state index contributed by atoms with van der Waals surface area (Å²) in [5, 5.41) is 6.94. The van der Waals surface area contributed by atoms with Crippen LogP contribution in [0.25, 0.3) is 0 Å². The fraction of sp³-hybridized carbons (Fsp3) is 0. The Balaban J connectivity index is 1.79. The number of nitrogens with one attached hydrogen (secondary N) is 2. The molecule has 0 unspecified atom stereocenters. The molecule has 120 valence electrons. The van der Waals surface area contributed by atoms with E-state index in [1.165, 1.54) is 6.33 Å². The second-order valence-corrected chi connectivity index (χ2v) is 5.75. The van der Waals surface area contributed by atoms with Crippen molar-refractivity contribution in [2.75, 3.05) is 10.6 Å². The lowest BCUT2D eigenvalue weighted by Gasteiger charge is -2.11. The summed E-state index contributed by atoms with van der Waals surface area (Å²) in [7, 11) is 0. The molecule has 2 N–H and O–H groups in total. The van der Waals surface area contributed by atoms with Gasteiger partial charge in [0.05, 0.1) is 28.8 Å². The lowest BCUT2D eigenvalue weighted by Crippen LogP contribution is -2.11. The van der Waals surface area contributed by atoms with E-state index in [9.17, 15) is 4.79 Å². The lowest BCUT2D eigenvalue weighted by atomic mass is 10.2. The molecule has 2 aromatic carbocycles. The Labute approximate surface area is 148 Å². The third kappa shape index (κ3) is 4.01. The number of hydrogen-bond acceptors (Lipinski definition) is 4. The Bertz CT molecular complexity index is 871. The molecule has 0 spiro atoms. The zero-order valence-electron chi connectivity index (χ0n) is 12.3. The zero-order valence-corrected chi connectivity index (χ0v) is 13.8. The van der Waals surface area contributed by atoms with Gasteiger partial charge in [0.25, 0.3) is 5.91 Å². The summed E-state index contributed by atoms with van der Waals surface area (Å²) in [6.45, 7) is 0. The molecule has 7 heteroatoms. The Morgan fingerprint density at radius 1 is 0.958 bits per heavy atom. The standard InChI is InChI=1S/C17H12Cl2N4O/c18-12-3-1-2-11(6-12)17(24)23-13-4-5-15(19)16(7-13)22-14-8-20-10-21-9-14/h1-10,22H,(H,23,24). The first-order valence-electron chi connectivity index (χ1n) is 7.00. The van der Waals surface area contributed by atoms with E-state index < -0.39 is 0 Å². The van der Waals surface area contributed by atoms with Gasteiger partial charge in [0, 0.05) is 16.3 Å². The van der Waals surface area contributed by atoms with Crippen LogP contribution in [0.5, 0.6) is 0 Å². The summed E-state index contributed by atoms with van der Waals surface area (Å²) in [6, 6.07) is 11.9. The summed E-state index contributed by atoms with van der Waals surface area (Å²) < 4.78 is 0. The van der Waals surface area contributed by atoms with E-state index in [4.69, 9.17) is 23.2 Å². The maximum atomic E-state index is 12.3. The fourth-order valence-electron chi connectivity index (χ4n) is 2.05. The number of carbonyl (C=O) groups excluding carboxylic acids is 1. The van der Waals surface area contributed by atoms with Gasteiger partial charge in [-0.25, -0.2) is 9.97 Å². The van der Waals surface area contributed by atoms with Crippen molar-refractivity contribution < 1.29 is 4.79 Å². The van der Waals surface area contributed by atoms with Gasteiger partial charge in [0.1, 0.15) is 6.33 Å². The number of nitrogens with zero attached hydrogens (tertiary/aromatic N) is 2. The molecular weight excluding hydrogens is 347 g/mol. The number of rotatable bonds is 4. The van der Waals surface area contributed by atoms with Gasteiger partial charge in [-0.3, -0.25) is 4.79 Å². The van der Waals surface area contributed by atoms with Crippen LogP contribution in [0, 0.1) is 0 Å². The average molecular weight is 359 g/mol. The Morgan fingerprint density at radius 3 is 2.50 bits per heavy atom. The van der Waals surface area contributed by atoms with Crippen LogP contribution in [0.1, 0.15) is 10.4 Å². The minimum atomic E-state index is -0.256. The maximum absolute atomic E-state index is 12.3. The molecule has 3 rings (SSSR count). The van der Waals surface area contributed by atoms with Crippen LogP contribution in [-0.4, -0.2) is 15.9 Å². The third-order valence-corrected chi connectivity index (χ3v) is 3.72. The molecule has 0 saturated heterocycles. The highest BCUT2D eigenvalue weighted by Gasteiger charge is 2.09. The van der Waals surface area contributed by atoms with Crippen LogP contribution in [-0.2, 0) is 0 Å². The van der Waals surface area contributed by atoms with Gasteiger partial charge in [-0.15, -0.1) is 0 Å². The molecule has 0 atom stereocenters. The quantitative estimate of drug-likeness (QED) is 0.704. The van der Waals surface area contributed by atoms with Crippen molar-refractivity contribution in [2.45, 2.75) is 0 Å². The average Bonchev–Trinajstić information content (AvgIpc) is 2.59. The summed E-state index contributed by atoms with van der Waals surface area (Å²) in [4.78, 5) is 20.1. The topological polar surface area (TPSA) is 66.9 Å². The number of hydrogen-bond donors (Lipinski definition) is 2. The van der Waals surface area contributed by atoms with E-state index in [1.807, 2.05) is 0 Å². The molecule has 0 saturated carbocycles. The predicted molar refractivity (Wildman–Crippen MR) is 96.2 cm³/mol. The van der Waals surface area contributed by atoms with E-state index in [2.05, 4.69) is 20.6 Å². The predicted octanol–water partition coefficient (Wildman–Crippen LogP) is 4.78. The molecule has 0 aliphatic carbocycles. The van der Waals surface area contributed by atoms with E-state index >= 15 is 0 Å². The van der Waals surface area contributed by atoms with Crippen molar-refractivity contribution in [1.29, 1.82) is 0 Å². The zero-order chi connectivity index (χ0) is 16.9. The minimum Gasteiger partial charge on any atom is -0.352 e. The number of amides is 1. The van der Waals surface area contributed by atoms with Crippen LogP contribution >= 0.6 is 23.2 Å². The molecule has 0 aliphatic rings. The first-order valence-corrected chi connectivity index (χ1v) is 7.76. The van der Waals surface area contributed by atoms with Gasteiger partial charge in [-0.2, -0.15) is 0 Å².